The van der Waals surface area contributed by atoms with Crippen molar-refractivity contribution in [2.75, 3.05) is 33.2 Å². The molecule has 6 rings (SSSR count). The van der Waals surface area contributed by atoms with Gasteiger partial charge < -0.3 is 9.88 Å². The summed E-state index contributed by atoms with van der Waals surface area (Å²) < 4.78 is 14.8. The summed E-state index contributed by atoms with van der Waals surface area (Å²) in [5.41, 5.74) is 7.65. The highest BCUT2D eigenvalue weighted by Crippen LogP contribution is 2.33. The van der Waals surface area contributed by atoms with Crippen molar-refractivity contribution >= 4 is 34.4 Å². The van der Waals surface area contributed by atoms with Crippen LogP contribution in [0.25, 0.3) is 50.3 Å². The Morgan fingerprint density at radius 3 is 2.83 bits per heavy atom. The highest BCUT2D eigenvalue weighted by Gasteiger charge is 2.18. The zero-order valence-electron chi connectivity index (χ0n) is 22.7. The number of piperazine rings is 1. The third-order valence-corrected chi connectivity index (χ3v) is 7.42. The van der Waals surface area contributed by atoms with Crippen molar-refractivity contribution in [1.82, 2.24) is 34.9 Å². The summed E-state index contributed by atoms with van der Waals surface area (Å²) in [5.74, 6) is 0.407. The van der Waals surface area contributed by atoms with Gasteiger partial charge in [-0.2, -0.15) is 5.10 Å². The van der Waals surface area contributed by atoms with Gasteiger partial charge in [0.1, 0.15) is 11.5 Å². The minimum Gasteiger partial charge on any atom is -0.337 e. The zero-order valence-corrected chi connectivity index (χ0v) is 22.7. The molecule has 8 nitrogen and oxygen atoms in total. The number of aliphatic imine (C=N–C) groups is 1. The lowest BCUT2D eigenvalue weighted by molar-refractivity contribution is 0.148. The summed E-state index contributed by atoms with van der Waals surface area (Å²) in [6.07, 6.45) is 7.24. The van der Waals surface area contributed by atoms with Crippen LogP contribution in [-0.2, 0) is 6.54 Å². The molecular weight excluding hydrogens is 503 g/mol. The Kier molecular flexibility index (Phi) is 7.06. The maximum absolute atomic E-state index is 14.8. The van der Waals surface area contributed by atoms with E-state index >= 15 is 0 Å². The number of rotatable bonds is 7. The van der Waals surface area contributed by atoms with Gasteiger partial charge in [0.25, 0.3) is 0 Å². The molecule has 1 fully saturated rings. The van der Waals surface area contributed by atoms with E-state index in [1.807, 2.05) is 43.3 Å². The van der Waals surface area contributed by atoms with Gasteiger partial charge in [0.2, 0.25) is 0 Å². The van der Waals surface area contributed by atoms with Gasteiger partial charge in [-0.25, -0.2) is 14.4 Å². The van der Waals surface area contributed by atoms with Crippen LogP contribution in [0.4, 0.5) is 4.39 Å². The number of nitrogens with zero attached hydrogens (tertiary/aromatic N) is 6. The molecule has 40 heavy (non-hydrogen) atoms. The number of nitrogens with one attached hydrogen (secondary N) is 2. The number of para-hydroxylation sites is 1. The lowest BCUT2D eigenvalue weighted by Crippen LogP contribution is -2.43. The number of allylic oxidation sites excluding steroid dienone is 3. The number of aromatic nitrogens is 5. The Hall–Kier alpha value is -4.47. The van der Waals surface area contributed by atoms with Gasteiger partial charge in [-0.1, -0.05) is 18.2 Å². The fourth-order valence-corrected chi connectivity index (χ4v) is 5.19. The summed E-state index contributed by atoms with van der Waals surface area (Å²) in [5, 5.41) is 8.36. The van der Waals surface area contributed by atoms with E-state index in [1.165, 1.54) is 0 Å². The van der Waals surface area contributed by atoms with E-state index in [2.05, 4.69) is 54.8 Å². The van der Waals surface area contributed by atoms with Crippen molar-refractivity contribution in [1.29, 1.82) is 0 Å². The number of H-pyrrole nitrogens is 2. The van der Waals surface area contributed by atoms with Crippen LogP contribution >= 0.6 is 0 Å². The molecule has 5 aromatic rings. The van der Waals surface area contributed by atoms with E-state index < -0.39 is 0 Å². The van der Waals surface area contributed by atoms with Crippen LogP contribution in [0.2, 0.25) is 0 Å². The molecule has 3 aromatic heterocycles. The van der Waals surface area contributed by atoms with Crippen molar-refractivity contribution in [3.63, 3.8) is 0 Å². The molecule has 0 bridgehead atoms. The molecule has 1 aliphatic heterocycles. The van der Waals surface area contributed by atoms with Crippen LogP contribution in [0.15, 0.2) is 72.0 Å². The molecule has 0 radical (unpaired) electrons. The average molecular weight is 535 g/mol. The molecule has 1 saturated heterocycles. The molecule has 0 spiro atoms. The molecule has 0 atom stereocenters. The van der Waals surface area contributed by atoms with Gasteiger partial charge in [0.05, 0.1) is 16.4 Å². The number of hydrogen-bond acceptors (Lipinski definition) is 6. The first kappa shape index (κ1) is 25.8. The normalized spacial score (nSPS) is 15.5. The molecule has 9 heteroatoms. The van der Waals surface area contributed by atoms with Gasteiger partial charge >= 0.3 is 0 Å². The van der Waals surface area contributed by atoms with Gasteiger partial charge in [-0.05, 0) is 79.4 Å². The molecule has 2 aromatic carbocycles. The van der Waals surface area contributed by atoms with Crippen LogP contribution < -0.4 is 0 Å². The highest BCUT2D eigenvalue weighted by molar-refractivity contribution is 5.97. The third-order valence-electron chi connectivity index (χ3n) is 7.42. The Labute approximate surface area is 232 Å². The number of halogens is 1. The average Bonchev–Trinajstić information content (AvgIpc) is 3.57. The molecule has 2 N–H and O–H groups in total. The van der Waals surface area contributed by atoms with Crippen molar-refractivity contribution < 1.29 is 4.39 Å². The monoisotopic (exact) mass is 534 g/mol. The first-order valence-electron chi connectivity index (χ1n) is 13.3. The van der Waals surface area contributed by atoms with Crippen LogP contribution in [-0.4, -0.2) is 74.9 Å². The first-order chi connectivity index (χ1) is 19.5. The number of imidazole rings is 1. The van der Waals surface area contributed by atoms with E-state index in [9.17, 15) is 4.39 Å². The second-order valence-corrected chi connectivity index (χ2v) is 10.3. The van der Waals surface area contributed by atoms with Crippen LogP contribution in [0.1, 0.15) is 18.1 Å². The predicted octanol–water partition coefficient (Wildman–Crippen LogP) is 5.67. The van der Waals surface area contributed by atoms with E-state index in [4.69, 9.17) is 4.98 Å². The number of pyridine rings is 1. The number of fused-ring (bicyclic) bond motifs is 2. The lowest BCUT2D eigenvalue weighted by atomic mass is 10.0. The molecule has 0 amide bonds. The number of likely N-dealkylation sites (N-methyl/N-ethyl adjacent to an activating group) is 1. The zero-order chi connectivity index (χ0) is 27.6. The Bertz CT molecular complexity index is 1750. The minimum absolute atomic E-state index is 0.241. The molecular formula is C31H31FN8. The van der Waals surface area contributed by atoms with Gasteiger partial charge in [0.15, 0.2) is 11.5 Å². The van der Waals surface area contributed by atoms with E-state index in [0.717, 1.165) is 82.7 Å². The molecule has 202 valence electrons. The fourth-order valence-electron chi connectivity index (χ4n) is 5.19. The Morgan fingerprint density at radius 1 is 1.15 bits per heavy atom. The van der Waals surface area contributed by atoms with Crippen molar-refractivity contribution in [2.24, 2.45) is 4.99 Å². The Balaban J connectivity index is 1.36. The van der Waals surface area contributed by atoms with Crippen LogP contribution in [0.3, 0.4) is 0 Å². The van der Waals surface area contributed by atoms with Crippen LogP contribution in [0.5, 0.6) is 0 Å². The summed E-state index contributed by atoms with van der Waals surface area (Å²) in [4.78, 5) is 21.4. The number of hydrogen-bond donors (Lipinski definition) is 2. The van der Waals surface area contributed by atoms with Gasteiger partial charge in [0, 0.05) is 50.7 Å². The van der Waals surface area contributed by atoms with E-state index in [-0.39, 0.29) is 5.82 Å². The van der Waals surface area contributed by atoms with Crippen LogP contribution in [0, 0.1) is 5.82 Å². The highest BCUT2D eigenvalue weighted by atomic mass is 19.1. The van der Waals surface area contributed by atoms with Crippen molar-refractivity contribution in [3.8, 4) is 22.6 Å². The lowest BCUT2D eigenvalue weighted by Gasteiger charge is -2.32. The maximum Gasteiger partial charge on any atom is 0.181 e. The van der Waals surface area contributed by atoms with E-state index in [0.29, 0.717) is 11.5 Å². The number of benzene rings is 2. The van der Waals surface area contributed by atoms with Gasteiger partial charge in [-0.15, -0.1) is 0 Å². The minimum atomic E-state index is -0.241. The largest absolute Gasteiger partial charge is 0.337 e. The molecule has 0 aliphatic carbocycles. The maximum atomic E-state index is 14.8. The van der Waals surface area contributed by atoms with E-state index in [1.54, 1.807) is 24.5 Å². The second-order valence-electron chi connectivity index (χ2n) is 10.3. The van der Waals surface area contributed by atoms with Crippen molar-refractivity contribution in [2.45, 2.75) is 13.5 Å². The molecule has 0 saturated carbocycles. The SMILES string of the molecule is C=N/C=C\C=C(/C)c1cnc2n[nH]c(-c3nc4c(-c5cc(F)cc(CN6CCN(C)CC6)c5)cccc4[nH]3)c2c1. The predicted molar refractivity (Wildman–Crippen MR) is 159 cm³/mol. The standard InChI is InChI=1S/C31H31FN8/c1-20(6-5-9-33-2)23-17-26-29(37-38-30(26)34-18-23)31-35-27-8-4-7-25(28(27)36-31)22-14-21(15-24(32)16-22)19-40-12-10-39(3)11-13-40/h4-9,14-18H,2,10-13,19H2,1,3H3,(H,35,36)(H,34,37,38)/b9-5-,20-6+. The molecule has 0 unspecified atom stereocenters. The van der Waals surface area contributed by atoms with Crippen molar-refractivity contribution in [3.05, 3.63) is 84.0 Å². The molecule has 4 heterocycles. The quantitative estimate of drug-likeness (QED) is 0.207. The second kappa shape index (κ2) is 11.0. The summed E-state index contributed by atoms with van der Waals surface area (Å²) in [6, 6.07) is 13.3. The summed E-state index contributed by atoms with van der Waals surface area (Å²) in [6.45, 7) is 10.2. The smallest absolute Gasteiger partial charge is 0.181 e. The Morgan fingerprint density at radius 2 is 2.00 bits per heavy atom. The summed E-state index contributed by atoms with van der Waals surface area (Å²) >= 11 is 0. The molecule has 1 aliphatic rings. The third kappa shape index (κ3) is 5.21. The number of aromatic amines is 2. The fraction of sp³-hybridized carbons (Fsp3) is 0.226. The topological polar surface area (TPSA) is 89.1 Å². The summed E-state index contributed by atoms with van der Waals surface area (Å²) in [7, 11) is 2.14. The van der Waals surface area contributed by atoms with Gasteiger partial charge in [-0.3, -0.25) is 15.0 Å². The first-order valence-corrected chi connectivity index (χ1v) is 13.3.